The molecule has 2 aromatic carbocycles. The molecular weight excluding hydrogens is 214 g/mol. The number of benzene rings is 2. The van der Waals surface area contributed by atoms with Gasteiger partial charge in [-0.1, -0.05) is 36.4 Å². The van der Waals surface area contributed by atoms with Crippen LogP contribution in [-0.4, -0.2) is 0 Å². The summed E-state index contributed by atoms with van der Waals surface area (Å²) in [5, 5.41) is 0. The molecule has 0 amide bonds. The van der Waals surface area contributed by atoms with Crippen LogP contribution in [0.2, 0.25) is 0 Å². The predicted molar refractivity (Wildman–Crippen MR) is 69.0 cm³/mol. The van der Waals surface area contributed by atoms with Crippen LogP contribution in [0.15, 0.2) is 58.3 Å². The van der Waals surface area contributed by atoms with Crippen LogP contribution in [0.3, 0.4) is 0 Å². The second kappa shape index (κ2) is 4.62. The Hall–Kier alpha value is -1.41. The molecule has 0 saturated heterocycles. The summed E-state index contributed by atoms with van der Waals surface area (Å²) in [6, 6.07) is 16.3. The second-order valence-corrected chi connectivity index (χ2v) is 5.33. The molecule has 0 aliphatic carbocycles. The number of aryl methyl sites for hydroxylation is 2. The maximum absolute atomic E-state index is 8.36. The van der Waals surface area contributed by atoms with Gasteiger partial charge in [-0.3, -0.25) is 4.78 Å². The molecule has 0 heterocycles. The highest BCUT2D eigenvalue weighted by Gasteiger charge is 2.07. The summed E-state index contributed by atoms with van der Waals surface area (Å²) in [6.07, 6.45) is 0. The van der Waals surface area contributed by atoms with E-state index in [4.69, 9.17) is 4.78 Å². The van der Waals surface area contributed by atoms with Crippen molar-refractivity contribution in [2.24, 2.45) is 0 Å². The van der Waals surface area contributed by atoms with E-state index in [-0.39, 0.29) is 0 Å². The Labute approximate surface area is 99.0 Å². The van der Waals surface area contributed by atoms with Gasteiger partial charge in [0.2, 0.25) is 0 Å². The predicted octanol–water partition coefficient (Wildman–Crippen LogP) is 4.10. The van der Waals surface area contributed by atoms with E-state index in [0.717, 1.165) is 9.79 Å². The van der Waals surface area contributed by atoms with E-state index < -0.39 is 10.7 Å². The minimum atomic E-state index is -0.570. The Morgan fingerprint density at radius 3 is 1.50 bits per heavy atom. The van der Waals surface area contributed by atoms with Crippen LogP contribution < -0.4 is 0 Å². The lowest BCUT2D eigenvalue weighted by Crippen LogP contribution is -1.96. The van der Waals surface area contributed by atoms with E-state index in [1.54, 1.807) is 0 Å². The first-order valence-electron chi connectivity index (χ1n) is 5.27. The smallest absolute Gasteiger partial charge is 0.0258 e. The lowest BCUT2D eigenvalue weighted by molar-refractivity contribution is 1.24. The third-order valence-electron chi connectivity index (χ3n) is 2.63. The van der Waals surface area contributed by atoms with Gasteiger partial charge in [0.1, 0.15) is 0 Å². The zero-order valence-corrected chi connectivity index (χ0v) is 10.3. The third kappa shape index (κ3) is 2.07. The van der Waals surface area contributed by atoms with Gasteiger partial charge in [0.15, 0.2) is 0 Å². The van der Waals surface area contributed by atoms with Crippen LogP contribution in [0.1, 0.15) is 11.1 Å². The summed E-state index contributed by atoms with van der Waals surface area (Å²) in [5.74, 6) is 0. The summed E-state index contributed by atoms with van der Waals surface area (Å²) in [4.78, 5) is 2.24. The minimum absolute atomic E-state index is 0.570. The van der Waals surface area contributed by atoms with Crippen molar-refractivity contribution in [3.63, 3.8) is 0 Å². The Bertz CT molecular complexity index is 484. The summed E-state index contributed by atoms with van der Waals surface area (Å²) in [7, 11) is -0.570. The Morgan fingerprint density at radius 2 is 1.12 bits per heavy atom. The van der Waals surface area contributed by atoms with Gasteiger partial charge in [-0.25, -0.2) is 0 Å². The fourth-order valence-corrected chi connectivity index (χ4v) is 3.14. The van der Waals surface area contributed by atoms with Gasteiger partial charge in [0, 0.05) is 9.79 Å². The zero-order valence-electron chi connectivity index (χ0n) is 9.53. The van der Waals surface area contributed by atoms with E-state index in [1.807, 2.05) is 24.3 Å². The molecule has 1 N–H and O–H groups in total. The van der Waals surface area contributed by atoms with Crippen LogP contribution in [0.4, 0.5) is 0 Å². The molecule has 0 aromatic heterocycles. The molecule has 0 aliphatic heterocycles. The van der Waals surface area contributed by atoms with Crippen molar-refractivity contribution in [2.45, 2.75) is 23.6 Å². The maximum atomic E-state index is 8.36. The van der Waals surface area contributed by atoms with Crippen molar-refractivity contribution >= 4 is 10.7 Å². The Kier molecular flexibility index (Phi) is 3.20. The van der Waals surface area contributed by atoms with Gasteiger partial charge in [-0.05, 0) is 47.8 Å². The highest BCUT2D eigenvalue weighted by Crippen LogP contribution is 2.22. The highest BCUT2D eigenvalue weighted by atomic mass is 32.2. The molecule has 0 unspecified atom stereocenters. The van der Waals surface area contributed by atoms with Crippen LogP contribution in [-0.2, 0) is 10.7 Å². The average Bonchev–Trinajstić information content (AvgIpc) is 2.29. The number of nitrogens with one attached hydrogen (secondary N) is 1. The van der Waals surface area contributed by atoms with Crippen molar-refractivity contribution in [3.8, 4) is 0 Å². The summed E-state index contributed by atoms with van der Waals surface area (Å²) >= 11 is 0. The fourth-order valence-electron chi connectivity index (χ4n) is 1.69. The lowest BCUT2D eigenvalue weighted by Gasteiger charge is -2.11. The van der Waals surface area contributed by atoms with Crippen LogP contribution in [0.5, 0.6) is 0 Å². The first-order chi connectivity index (χ1) is 7.70. The first kappa shape index (κ1) is 11.1. The largest absolute Gasteiger partial charge is 0.271 e. The van der Waals surface area contributed by atoms with Gasteiger partial charge in [-0.15, -0.1) is 0 Å². The molecule has 0 saturated carbocycles. The maximum Gasteiger partial charge on any atom is 0.0258 e. The van der Waals surface area contributed by atoms with Gasteiger partial charge >= 0.3 is 0 Å². The number of hydrogen-bond donors (Lipinski definition) is 1. The van der Waals surface area contributed by atoms with Gasteiger partial charge in [0.25, 0.3) is 0 Å². The Morgan fingerprint density at radius 1 is 0.750 bits per heavy atom. The molecule has 0 atom stereocenters. The molecule has 2 aromatic rings. The quantitative estimate of drug-likeness (QED) is 0.801. The highest BCUT2D eigenvalue weighted by molar-refractivity contribution is 7.86. The number of rotatable bonds is 2. The van der Waals surface area contributed by atoms with Crippen molar-refractivity contribution in [1.29, 1.82) is 4.78 Å². The fraction of sp³-hybridized carbons (Fsp3) is 0.143. The number of hydrogen-bond acceptors (Lipinski definition) is 1. The molecule has 82 valence electrons. The molecule has 0 spiro atoms. The standard InChI is InChI=1S/C14H15NS/c1-11-7-3-5-9-13(11)16(15)14-10-6-4-8-12(14)2/h3-10,15H,1-2H3. The molecule has 0 aliphatic rings. The molecule has 0 radical (unpaired) electrons. The average molecular weight is 229 g/mol. The van der Waals surface area contributed by atoms with E-state index in [0.29, 0.717) is 0 Å². The van der Waals surface area contributed by atoms with Crippen molar-refractivity contribution in [3.05, 3.63) is 59.7 Å². The summed E-state index contributed by atoms with van der Waals surface area (Å²) in [6.45, 7) is 4.14. The van der Waals surface area contributed by atoms with Gasteiger partial charge < -0.3 is 0 Å². The van der Waals surface area contributed by atoms with E-state index in [9.17, 15) is 0 Å². The normalized spacial score (nSPS) is 10.7. The van der Waals surface area contributed by atoms with Gasteiger partial charge in [0.05, 0.1) is 0 Å². The Balaban J connectivity index is 2.48. The summed E-state index contributed by atoms with van der Waals surface area (Å²) in [5.41, 5.74) is 2.40. The van der Waals surface area contributed by atoms with Crippen molar-refractivity contribution < 1.29 is 0 Å². The first-order valence-corrected chi connectivity index (χ1v) is 6.49. The molecule has 2 heteroatoms. The molecule has 1 nitrogen and oxygen atoms in total. The van der Waals surface area contributed by atoms with Crippen LogP contribution in [0.25, 0.3) is 0 Å². The zero-order chi connectivity index (χ0) is 11.5. The van der Waals surface area contributed by atoms with Crippen LogP contribution >= 0.6 is 0 Å². The lowest BCUT2D eigenvalue weighted by atomic mass is 10.2. The molecule has 0 fully saturated rings. The topological polar surface area (TPSA) is 23.9 Å². The molecule has 16 heavy (non-hydrogen) atoms. The minimum Gasteiger partial charge on any atom is -0.271 e. The van der Waals surface area contributed by atoms with E-state index in [2.05, 4.69) is 38.1 Å². The molecule has 2 rings (SSSR count). The second-order valence-electron chi connectivity index (χ2n) is 3.84. The third-order valence-corrected chi connectivity index (χ3v) is 4.42. The monoisotopic (exact) mass is 229 g/mol. The van der Waals surface area contributed by atoms with Crippen LogP contribution in [0, 0.1) is 18.6 Å². The summed E-state index contributed by atoms with van der Waals surface area (Å²) < 4.78 is 8.36. The molecular formula is C14H15NS. The SMILES string of the molecule is Cc1ccccc1S(=N)c1ccccc1C. The van der Waals surface area contributed by atoms with Crippen molar-refractivity contribution in [2.75, 3.05) is 0 Å². The van der Waals surface area contributed by atoms with Gasteiger partial charge in [-0.2, -0.15) is 0 Å². The van der Waals surface area contributed by atoms with E-state index >= 15 is 0 Å². The van der Waals surface area contributed by atoms with Crippen molar-refractivity contribution in [1.82, 2.24) is 0 Å². The molecule has 0 bridgehead atoms. The van der Waals surface area contributed by atoms with E-state index in [1.165, 1.54) is 11.1 Å².